The second-order valence-corrected chi connectivity index (χ2v) is 11.2. The summed E-state index contributed by atoms with van der Waals surface area (Å²) in [4.78, 5) is 28.3. The SMILES string of the molecule is COC1=C[C@]23CCCN2CCc2cc4c(cc2[C@@H]3[C@@H]1OC(=O)[C@]1(C/C=C/COc2ccccc2)CC(=O)O1)OCO4. The van der Waals surface area contributed by atoms with E-state index in [-0.39, 0.29) is 31.1 Å². The summed E-state index contributed by atoms with van der Waals surface area (Å²) < 4.78 is 34.8. The van der Waals surface area contributed by atoms with E-state index in [1.54, 1.807) is 13.2 Å². The molecule has 0 saturated carbocycles. The van der Waals surface area contributed by atoms with Gasteiger partial charge in [0.2, 0.25) is 12.4 Å². The molecule has 0 bridgehead atoms. The summed E-state index contributed by atoms with van der Waals surface area (Å²) in [5.74, 6) is 1.64. The highest BCUT2D eigenvalue weighted by atomic mass is 16.7. The second kappa shape index (κ2) is 10.1. The number of ether oxygens (including phenoxy) is 6. The van der Waals surface area contributed by atoms with Crippen molar-refractivity contribution in [2.24, 2.45) is 0 Å². The largest absolute Gasteiger partial charge is 0.497 e. The number of cyclic esters (lactones) is 1. The minimum atomic E-state index is -1.37. The van der Waals surface area contributed by atoms with Crippen molar-refractivity contribution >= 4 is 11.9 Å². The molecule has 0 unspecified atom stereocenters. The van der Waals surface area contributed by atoms with Crippen LogP contribution in [0.1, 0.15) is 42.7 Å². The van der Waals surface area contributed by atoms with Crippen LogP contribution >= 0.6 is 0 Å². The van der Waals surface area contributed by atoms with Crippen LogP contribution in [0.15, 0.2) is 66.5 Å². The molecule has 9 nitrogen and oxygen atoms in total. The van der Waals surface area contributed by atoms with Crippen molar-refractivity contribution in [2.75, 3.05) is 33.6 Å². The van der Waals surface area contributed by atoms with Crippen LogP contribution in [-0.4, -0.2) is 67.7 Å². The molecule has 5 aliphatic rings. The summed E-state index contributed by atoms with van der Waals surface area (Å²) in [6.45, 7) is 2.37. The highest BCUT2D eigenvalue weighted by Crippen LogP contribution is 2.56. The number of rotatable bonds is 8. The molecule has 214 valence electrons. The minimum Gasteiger partial charge on any atom is -0.497 e. The smallest absolute Gasteiger partial charge is 0.352 e. The number of hydrogen-bond donors (Lipinski definition) is 0. The monoisotopic (exact) mass is 559 g/mol. The zero-order valence-corrected chi connectivity index (χ0v) is 23.0. The summed E-state index contributed by atoms with van der Waals surface area (Å²) in [7, 11) is 1.61. The molecule has 4 atom stereocenters. The van der Waals surface area contributed by atoms with Gasteiger partial charge in [-0.2, -0.15) is 0 Å². The molecule has 2 fully saturated rings. The van der Waals surface area contributed by atoms with Gasteiger partial charge in [0.25, 0.3) is 0 Å². The van der Waals surface area contributed by atoms with Crippen molar-refractivity contribution in [2.45, 2.75) is 55.3 Å². The van der Waals surface area contributed by atoms with Gasteiger partial charge in [0.15, 0.2) is 17.6 Å². The lowest BCUT2D eigenvalue weighted by molar-refractivity contribution is -0.210. The number of carbonyl (C=O) groups excluding carboxylic acids is 2. The maximum Gasteiger partial charge on any atom is 0.352 e. The first-order chi connectivity index (χ1) is 20.0. The van der Waals surface area contributed by atoms with Gasteiger partial charge >= 0.3 is 11.9 Å². The summed E-state index contributed by atoms with van der Waals surface area (Å²) in [5, 5.41) is 0. The molecule has 7 rings (SSSR count). The predicted molar refractivity (Wildman–Crippen MR) is 147 cm³/mol. The molecular weight excluding hydrogens is 526 g/mol. The first-order valence-electron chi connectivity index (χ1n) is 14.2. The van der Waals surface area contributed by atoms with Crippen LogP contribution < -0.4 is 14.2 Å². The summed E-state index contributed by atoms with van der Waals surface area (Å²) >= 11 is 0. The van der Waals surface area contributed by atoms with Crippen LogP contribution in [0.3, 0.4) is 0 Å². The zero-order valence-electron chi connectivity index (χ0n) is 23.0. The molecule has 0 radical (unpaired) electrons. The van der Waals surface area contributed by atoms with Gasteiger partial charge in [0.1, 0.15) is 18.1 Å². The maximum atomic E-state index is 13.8. The average Bonchev–Trinajstić information content (AvgIpc) is 3.65. The lowest BCUT2D eigenvalue weighted by Crippen LogP contribution is -2.56. The van der Waals surface area contributed by atoms with Crippen molar-refractivity contribution in [1.82, 2.24) is 4.90 Å². The Hall–Kier alpha value is -3.98. The van der Waals surface area contributed by atoms with Gasteiger partial charge in [-0.05, 0) is 67.3 Å². The van der Waals surface area contributed by atoms with Crippen molar-refractivity contribution in [3.05, 3.63) is 77.6 Å². The molecule has 2 saturated heterocycles. The number of nitrogens with zero attached hydrogens (tertiary/aromatic N) is 1. The Morgan fingerprint density at radius 3 is 2.71 bits per heavy atom. The van der Waals surface area contributed by atoms with E-state index in [9.17, 15) is 9.59 Å². The normalized spacial score (nSPS) is 29.5. The Morgan fingerprint density at radius 2 is 1.93 bits per heavy atom. The fourth-order valence-electron chi connectivity index (χ4n) is 7.07. The van der Waals surface area contributed by atoms with Gasteiger partial charge in [-0.1, -0.05) is 30.4 Å². The van der Waals surface area contributed by atoms with E-state index in [1.165, 1.54) is 0 Å². The van der Waals surface area contributed by atoms with Crippen molar-refractivity contribution < 1.29 is 38.0 Å². The Morgan fingerprint density at radius 1 is 1.12 bits per heavy atom. The van der Waals surface area contributed by atoms with E-state index in [2.05, 4.69) is 17.0 Å². The highest BCUT2D eigenvalue weighted by molar-refractivity contribution is 5.94. The molecule has 0 aromatic heterocycles. The standard InChI is InChI=1S/C32H33NO8/c1-36-26-18-31-11-7-13-33(31)14-10-21-16-24-25(39-20-38-24)17-23(21)28(31)29(26)40-30(35)32(19-27(34)41-32)12-5-6-15-37-22-8-3-2-4-9-22/h2-6,8-9,16-18,28-29H,7,10-15,19-20H2,1H3/b6-5+/t28-,29-,31+,32+/m1/s1. The third-order valence-electron chi connectivity index (χ3n) is 9.01. The van der Waals surface area contributed by atoms with Crippen molar-refractivity contribution in [3.63, 3.8) is 0 Å². The molecule has 0 amide bonds. The molecule has 2 aromatic carbocycles. The fourth-order valence-corrected chi connectivity index (χ4v) is 7.07. The van der Waals surface area contributed by atoms with Crippen LogP contribution in [0.5, 0.6) is 17.2 Å². The van der Waals surface area contributed by atoms with Gasteiger partial charge in [-0.25, -0.2) is 4.79 Å². The lowest BCUT2D eigenvalue weighted by Gasteiger charge is -2.41. The van der Waals surface area contributed by atoms with E-state index in [1.807, 2.05) is 42.5 Å². The number of carbonyl (C=O) groups is 2. The number of para-hydroxylation sites is 1. The van der Waals surface area contributed by atoms with Crippen molar-refractivity contribution in [1.29, 1.82) is 0 Å². The Kier molecular flexibility index (Phi) is 6.42. The maximum absolute atomic E-state index is 13.8. The molecule has 2 aromatic rings. The quantitative estimate of drug-likeness (QED) is 0.351. The molecule has 4 heterocycles. The zero-order chi connectivity index (χ0) is 28.0. The lowest BCUT2D eigenvalue weighted by atomic mass is 9.77. The number of fused-ring (bicyclic) bond motifs is 3. The van der Waals surface area contributed by atoms with E-state index in [4.69, 9.17) is 28.4 Å². The fraction of sp³-hybridized carbons (Fsp3) is 0.438. The molecular formula is C32H33NO8. The highest BCUT2D eigenvalue weighted by Gasteiger charge is 2.60. The van der Waals surface area contributed by atoms with Gasteiger partial charge < -0.3 is 28.4 Å². The first kappa shape index (κ1) is 26.0. The first-order valence-corrected chi connectivity index (χ1v) is 14.2. The molecule has 9 heteroatoms. The number of hydrogen-bond acceptors (Lipinski definition) is 9. The summed E-state index contributed by atoms with van der Waals surface area (Å²) in [6, 6.07) is 13.6. The van der Waals surface area contributed by atoms with Gasteiger partial charge in [-0.3, -0.25) is 9.69 Å². The van der Waals surface area contributed by atoms with Crippen LogP contribution in [0.25, 0.3) is 0 Å². The Labute approximate surface area is 238 Å². The molecule has 1 aliphatic carbocycles. The number of methoxy groups -OCH3 is 1. The topological polar surface area (TPSA) is 92.8 Å². The third kappa shape index (κ3) is 4.34. The van der Waals surface area contributed by atoms with E-state index in [0.29, 0.717) is 18.1 Å². The molecule has 1 spiro atoms. The average molecular weight is 560 g/mol. The van der Waals surface area contributed by atoms with Gasteiger partial charge in [0, 0.05) is 13.0 Å². The van der Waals surface area contributed by atoms with E-state index in [0.717, 1.165) is 55.0 Å². The van der Waals surface area contributed by atoms with Crippen LogP contribution in [-0.2, 0) is 30.2 Å². The van der Waals surface area contributed by atoms with E-state index < -0.39 is 23.6 Å². The third-order valence-corrected chi connectivity index (χ3v) is 9.01. The molecule has 0 N–H and O–H groups in total. The number of esters is 2. The van der Waals surface area contributed by atoms with Crippen LogP contribution in [0.4, 0.5) is 0 Å². The summed E-state index contributed by atoms with van der Waals surface area (Å²) in [6.07, 6.45) is 8.10. The molecule has 41 heavy (non-hydrogen) atoms. The predicted octanol–water partition coefficient (Wildman–Crippen LogP) is 4.06. The van der Waals surface area contributed by atoms with Crippen LogP contribution in [0.2, 0.25) is 0 Å². The minimum absolute atomic E-state index is 0.0360. The van der Waals surface area contributed by atoms with Gasteiger partial charge in [-0.15, -0.1) is 0 Å². The van der Waals surface area contributed by atoms with Gasteiger partial charge in [0.05, 0.1) is 25.0 Å². The summed E-state index contributed by atoms with van der Waals surface area (Å²) in [5.41, 5.74) is 0.531. The Bertz CT molecular complexity index is 1410. The second-order valence-electron chi connectivity index (χ2n) is 11.2. The molecule has 4 aliphatic heterocycles. The van der Waals surface area contributed by atoms with Crippen molar-refractivity contribution in [3.8, 4) is 17.2 Å². The Balaban J connectivity index is 1.15. The van der Waals surface area contributed by atoms with Crippen LogP contribution in [0, 0.1) is 0 Å². The van der Waals surface area contributed by atoms with E-state index >= 15 is 0 Å². The number of benzene rings is 2.